The number of hydrogen-bond donors (Lipinski definition) is 2. The molecule has 4 N–H and O–H groups in total. The maximum atomic E-state index is 6.88. The van der Waals surface area contributed by atoms with Crippen LogP contribution in [-0.2, 0) is 0 Å². The number of rotatable bonds is 3. The van der Waals surface area contributed by atoms with Crippen molar-refractivity contribution in [3.05, 3.63) is 133 Å². The van der Waals surface area contributed by atoms with Gasteiger partial charge in [-0.1, -0.05) is 111 Å². The molecule has 46 heavy (non-hydrogen) atoms. The van der Waals surface area contributed by atoms with Crippen LogP contribution in [-0.4, -0.2) is 16.1 Å². The molecule has 0 amide bonds. The first-order valence-electron chi connectivity index (χ1n) is 16.0. The van der Waals surface area contributed by atoms with Crippen molar-refractivity contribution in [2.24, 2.45) is 0 Å². The van der Waals surface area contributed by atoms with Crippen LogP contribution in [0.1, 0.15) is 0 Å². The van der Waals surface area contributed by atoms with Crippen LogP contribution in [0, 0.1) is 0 Å². The first-order valence-corrected chi connectivity index (χ1v) is 22.0. The van der Waals surface area contributed by atoms with E-state index in [0.717, 1.165) is 22.5 Å². The van der Waals surface area contributed by atoms with E-state index in [9.17, 15) is 0 Å². The van der Waals surface area contributed by atoms with Gasteiger partial charge in [0.05, 0.1) is 0 Å². The van der Waals surface area contributed by atoms with E-state index < -0.39 is 16.1 Å². The summed E-state index contributed by atoms with van der Waals surface area (Å²) >= 11 is 0. The van der Waals surface area contributed by atoms with Gasteiger partial charge in [-0.3, -0.25) is 0 Å². The van der Waals surface area contributed by atoms with Crippen LogP contribution in [0.2, 0.25) is 26.2 Å². The molecular weight excluding hydrogens is 593 g/mol. The molecule has 4 nitrogen and oxygen atoms in total. The second-order valence-electron chi connectivity index (χ2n) is 13.5. The summed E-state index contributed by atoms with van der Waals surface area (Å²) in [6, 6.07) is 48.1. The zero-order chi connectivity index (χ0) is 31.8. The van der Waals surface area contributed by atoms with E-state index >= 15 is 0 Å². The van der Waals surface area contributed by atoms with Gasteiger partial charge >= 0.3 is 0 Å². The van der Waals surface area contributed by atoms with Crippen molar-refractivity contribution in [2.45, 2.75) is 26.2 Å². The van der Waals surface area contributed by atoms with Crippen LogP contribution in [0.15, 0.2) is 133 Å². The van der Waals surface area contributed by atoms with Crippen molar-refractivity contribution < 1.29 is 0 Å². The second-order valence-corrected chi connectivity index (χ2v) is 22.2. The third-order valence-electron chi connectivity index (χ3n) is 10.2. The van der Waals surface area contributed by atoms with Gasteiger partial charge in [0.15, 0.2) is 0 Å². The van der Waals surface area contributed by atoms with Crippen molar-refractivity contribution in [1.82, 2.24) is 0 Å². The van der Waals surface area contributed by atoms with Gasteiger partial charge in [-0.2, -0.15) is 0 Å². The summed E-state index contributed by atoms with van der Waals surface area (Å²) in [5, 5.41) is 5.73. The van der Waals surface area contributed by atoms with Crippen molar-refractivity contribution in [3.8, 4) is 11.1 Å². The fourth-order valence-corrected chi connectivity index (χ4v) is 13.7. The SMILES string of the molecule is C[Si]1(C)c2ccccc2N(c2ccc(-c3ccc(N4c5ccccc5[Si](C)(C)c5ccccc54)cc3N)c(N)c2)c2ccccc21. The normalized spacial score (nSPS) is 15.4. The maximum Gasteiger partial charge on any atom is 0.117 e. The van der Waals surface area contributed by atoms with E-state index in [4.69, 9.17) is 11.5 Å². The summed E-state index contributed by atoms with van der Waals surface area (Å²) in [7, 11) is -3.71. The Bertz CT molecular complexity index is 1920. The molecule has 6 aromatic carbocycles. The van der Waals surface area contributed by atoms with E-state index in [0.29, 0.717) is 11.4 Å². The molecule has 0 bridgehead atoms. The van der Waals surface area contributed by atoms with Gasteiger partial charge in [-0.25, -0.2) is 0 Å². The summed E-state index contributed by atoms with van der Waals surface area (Å²) in [5.41, 5.74) is 24.1. The fraction of sp³-hybridized carbons (Fsp3) is 0.100. The minimum atomic E-state index is -1.85. The number of para-hydroxylation sites is 4. The lowest BCUT2D eigenvalue weighted by Crippen LogP contribution is -2.58. The van der Waals surface area contributed by atoms with Gasteiger partial charge in [0.1, 0.15) is 16.1 Å². The van der Waals surface area contributed by atoms with Crippen LogP contribution in [0.25, 0.3) is 11.1 Å². The molecule has 226 valence electrons. The molecule has 0 aromatic heterocycles. The van der Waals surface area contributed by atoms with E-state index in [2.05, 4.69) is 169 Å². The van der Waals surface area contributed by atoms with E-state index in [-0.39, 0.29) is 0 Å². The average Bonchev–Trinajstić information content (AvgIpc) is 3.06. The second kappa shape index (κ2) is 10.2. The monoisotopic (exact) mass is 630 g/mol. The molecule has 6 aromatic rings. The van der Waals surface area contributed by atoms with Gasteiger partial charge in [0.25, 0.3) is 0 Å². The summed E-state index contributed by atoms with van der Waals surface area (Å²) in [6.45, 7) is 9.76. The number of fused-ring (bicyclic) bond motifs is 4. The number of anilines is 8. The first-order chi connectivity index (χ1) is 22.2. The van der Waals surface area contributed by atoms with Crippen LogP contribution in [0.4, 0.5) is 45.5 Å². The van der Waals surface area contributed by atoms with E-state index in [1.807, 2.05) is 0 Å². The highest BCUT2D eigenvalue weighted by Crippen LogP contribution is 2.43. The Morgan fingerprint density at radius 1 is 0.391 bits per heavy atom. The van der Waals surface area contributed by atoms with Gasteiger partial charge < -0.3 is 21.3 Å². The number of nitrogen functional groups attached to an aromatic ring is 2. The Morgan fingerprint density at radius 2 is 0.674 bits per heavy atom. The maximum absolute atomic E-state index is 6.88. The Labute approximate surface area is 273 Å². The molecule has 8 rings (SSSR count). The lowest BCUT2D eigenvalue weighted by atomic mass is 10.00. The highest BCUT2D eigenvalue weighted by molar-refractivity contribution is 7.03. The van der Waals surface area contributed by atoms with Crippen LogP contribution < -0.4 is 42.0 Å². The smallest absolute Gasteiger partial charge is 0.117 e. The topological polar surface area (TPSA) is 58.5 Å². The molecular formula is C40H38N4Si2. The zero-order valence-electron chi connectivity index (χ0n) is 26.8. The highest BCUT2D eigenvalue weighted by atomic mass is 28.3. The van der Waals surface area contributed by atoms with Gasteiger partial charge in [0, 0.05) is 56.6 Å². The molecule has 0 aliphatic carbocycles. The zero-order valence-corrected chi connectivity index (χ0v) is 28.8. The molecule has 6 heteroatoms. The summed E-state index contributed by atoms with van der Waals surface area (Å²) in [6.07, 6.45) is 0. The number of hydrogen-bond acceptors (Lipinski definition) is 4. The van der Waals surface area contributed by atoms with Gasteiger partial charge in [0.2, 0.25) is 0 Å². The van der Waals surface area contributed by atoms with Crippen molar-refractivity contribution in [3.63, 3.8) is 0 Å². The van der Waals surface area contributed by atoms with Crippen molar-refractivity contribution >= 4 is 82.4 Å². The predicted molar refractivity (Wildman–Crippen MR) is 204 cm³/mol. The molecule has 0 unspecified atom stereocenters. The summed E-state index contributed by atoms with van der Waals surface area (Å²) in [5.74, 6) is 0. The Kier molecular flexibility index (Phi) is 6.33. The lowest BCUT2D eigenvalue weighted by molar-refractivity contribution is 1.28. The summed E-state index contributed by atoms with van der Waals surface area (Å²) in [4.78, 5) is 4.73. The van der Waals surface area contributed by atoms with E-state index in [1.54, 1.807) is 0 Å². The third kappa shape index (κ3) is 4.10. The molecule has 2 aliphatic rings. The van der Waals surface area contributed by atoms with Gasteiger partial charge in [-0.05, 0) is 69.3 Å². The minimum Gasteiger partial charge on any atom is -0.398 e. The largest absolute Gasteiger partial charge is 0.398 e. The molecule has 0 radical (unpaired) electrons. The molecule has 2 heterocycles. The minimum absolute atomic E-state index is 0.704. The standard InChI is InChI=1S/C40H38N4Si2/c1-45(2)37-17-9-5-13-33(37)43(34-14-6-10-18-38(34)45)27-21-23-29(31(41)25-27)30-24-22-28(26-32(30)42)44-35-15-7-11-19-39(35)46(3,4)40-20-12-8-16-36(40)44/h5-26H,41-42H2,1-4H3. The number of nitrogens with zero attached hydrogens (tertiary/aromatic N) is 2. The molecule has 0 saturated heterocycles. The average molecular weight is 631 g/mol. The summed E-state index contributed by atoms with van der Waals surface area (Å²) < 4.78 is 0. The third-order valence-corrected chi connectivity index (χ3v) is 17.2. The molecule has 0 atom stereocenters. The number of nitrogens with two attached hydrogens (primary N) is 2. The van der Waals surface area contributed by atoms with Crippen molar-refractivity contribution in [1.29, 1.82) is 0 Å². The van der Waals surface area contributed by atoms with Crippen LogP contribution in [0.3, 0.4) is 0 Å². The fourth-order valence-electron chi connectivity index (χ4n) is 7.76. The lowest BCUT2D eigenvalue weighted by Gasteiger charge is -2.41. The highest BCUT2D eigenvalue weighted by Gasteiger charge is 2.39. The first kappa shape index (κ1) is 28.4. The molecule has 0 saturated carbocycles. The van der Waals surface area contributed by atoms with Crippen LogP contribution >= 0.6 is 0 Å². The van der Waals surface area contributed by atoms with Crippen LogP contribution in [0.5, 0.6) is 0 Å². The number of benzene rings is 6. The predicted octanol–water partition coefficient (Wildman–Crippen LogP) is 7.73. The Morgan fingerprint density at radius 3 is 0.957 bits per heavy atom. The molecule has 0 fully saturated rings. The molecule has 2 aliphatic heterocycles. The van der Waals surface area contributed by atoms with E-state index in [1.165, 1.54) is 43.5 Å². The Balaban J connectivity index is 1.20. The Hall–Kier alpha value is -5.05. The van der Waals surface area contributed by atoms with Gasteiger partial charge in [-0.15, -0.1) is 0 Å². The quantitative estimate of drug-likeness (QED) is 0.155. The van der Waals surface area contributed by atoms with Crippen molar-refractivity contribution in [2.75, 3.05) is 21.3 Å². The molecule has 0 spiro atoms.